The number of nitrogens with one attached hydrogen (secondary N) is 3. The van der Waals surface area contributed by atoms with Crippen molar-refractivity contribution in [3.63, 3.8) is 0 Å². The average molecular weight is 364 g/mol. The van der Waals surface area contributed by atoms with Crippen LogP contribution in [0.1, 0.15) is 25.8 Å². The van der Waals surface area contributed by atoms with Crippen molar-refractivity contribution < 1.29 is 24.0 Å². The number of carbonyl (C=O) groups excluding carboxylic acids is 3. The summed E-state index contributed by atoms with van der Waals surface area (Å²) in [5, 5.41) is 5.52. The minimum absolute atomic E-state index is 0.0310. The lowest BCUT2D eigenvalue weighted by Crippen LogP contribution is -3.11. The van der Waals surface area contributed by atoms with Crippen molar-refractivity contribution in [2.45, 2.75) is 33.2 Å². The summed E-state index contributed by atoms with van der Waals surface area (Å²) >= 11 is 0. The highest BCUT2D eigenvalue weighted by atomic mass is 16.5. The minimum Gasteiger partial charge on any atom is -0.467 e. The number of carbonyl (C=O) groups is 3. The van der Waals surface area contributed by atoms with Crippen LogP contribution < -0.4 is 15.5 Å². The van der Waals surface area contributed by atoms with E-state index in [2.05, 4.69) is 10.6 Å². The third-order valence-electron chi connectivity index (χ3n) is 4.24. The first-order valence-corrected chi connectivity index (χ1v) is 8.81. The summed E-state index contributed by atoms with van der Waals surface area (Å²) in [6, 6.07) is 6.83. The molecule has 0 aliphatic rings. The predicted molar refractivity (Wildman–Crippen MR) is 99.8 cm³/mol. The number of aryl methyl sites for hydroxylation is 1. The molecule has 1 rings (SSSR count). The third kappa shape index (κ3) is 7.23. The van der Waals surface area contributed by atoms with Gasteiger partial charge >= 0.3 is 5.97 Å². The molecular formula is C19H30N3O4+. The Balaban J connectivity index is 2.50. The number of hydrogen-bond acceptors (Lipinski definition) is 4. The highest BCUT2D eigenvalue weighted by molar-refractivity contribution is 5.91. The zero-order chi connectivity index (χ0) is 19.7. The highest BCUT2D eigenvalue weighted by Crippen LogP contribution is 2.09. The van der Waals surface area contributed by atoms with Crippen molar-refractivity contribution in [1.82, 2.24) is 5.32 Å². The Kier molecular flexibility index (Phi) is 8.78. The topological polar surface area (TPSA) is 88.9 Å². The molecule has 0 spiro atoms. The number of esters is 1. The van der Waals surface area contributed by atoms with Crippen molar-refractivity contribution in [3.8, 4) is 0 Å². The van der Waals surface area contributed by atoms with Crippen LogP contribution in [0.5, 0.6) is 0 Å². The van der Waals surface area contributed by atoms with E-state index in [-0.39, 0.29) is 30.8 Å². The van der Waals surface area contributed by atoms with Gasteiger partial charge in [-0.05, 0) is 25.0 Å². The number of rotatable bonds is 9. The van der Waals surface area contributed by atoms with E-state index in [1.165, 1.54) is 7.11 Å². The molecule has 3 atom stereocenters. The Bertz CT molecular complexity index is 616. The Labute approximate surface area is 155 Å². The Morgan fingerprint density at radius 2 is 1.69 bits per heavy atom. The Hall–Kier alpha value is -2.41. The van der Waals surface area contributed by atoms with Crippen molar-refractivity contribution >= 4 is 23.5 Å². The van der Waals surface area contributed by atoms with Crippen LogP contribution in [0, 0.1) is 12.8 Å². The molecule has 0 aliphatic heterocycles. The van der Waals surface area contributed by atoms with Gasteiger partial charge in [0.05, 0.1) is 14.2 Å². The molecule has 0 aliphatic carbocycles. The number of amides is 2. The van der Waals surface area contributed by atoms with Gasteiger partial charge in [-0.3, -0.25) is 9.59 Å². The normalized spacial score (nSPS) is 14.0. The van der Waals surface area contributed by atoms with Gasteiger partial charge in [-0.1, -0.05) is 38.0 Å². The van der Waals surface area contributed by atoms with Crippen LogP contribution in [0.15, 0.2) is 24.3 Å². The maximum Gasteiger partial charge on any atom is 0.328 e. The van der Waals surface area contributed by atoms with Gasteiger partial charge in [0.15, 0.2) is 13.1 Å². The third-order valence-corrected chi connectivity index (χ3v) is 4.24. The Morgan fingerprint density at radius 3 is 2.23 bits per heavy atom. The van der Waals surface area contributed by atoms with Gasteiger partial charge in [-0.2, -0.15) is 0 Å². The highest BCUT2D eigenvalue weighted by Gasteiger charge is 2.27. The van der Waals surface area contributed by atoms with E-state index in [1.54, 1.807) is 7.05 Å². The predicted octanol–water partition coefficient (Wildman–Crippen LogP) is 0.152. The second-order valence-electron chi connectivity index (χ2n) is 6.68. The van der Waals surface area contributed by atoms with Gasteiger partial charge < -0.3 is 20.3 Å². The van der Waals surface area contributed by atoms with Crippen LogP contribution in [0.2, 0.25) is 0 Å². The van der Waals surface area contributed by atoms with Gasteiger partial charge in [0.25, 0.3) is 11.8 Å². The van der Waals surface area contributed by atoms with Crippen LogP contribution in [-0.4, -0.2) is 51.1 Å². The number of anilines is 1. The fraction of sp³-hybridized carbons (Fsp3) is 0.526. The van der Waals surface area contributed by atoms with E-state index in [1.807, 2.05) is 45.0 Å². The van der Waals surface area contributed by atoms with Crippen LogP contribution in [0.3, 0.4) is 0 Å². The van der Waals surface area contributed by atoms with Gasteiger partial charge in [0.1, 0.15) is 6.04 Å². The molecule has 2 amide bonds. The van der Waals surface area contributed by atoms with E-state index in [4.69, 9.17) is 4.74 Å². The summed E-state index contributed by atoms with van der Waals surface area (Å²) in [6.07, 6.45) is 0.738. The summed E-state index contributed by atoms with van der Waals surface area (Å²) in [5.41, 5.74) is 1.84. The van der Waals surface area contributed by atoms with Gasteiger partial charge in [-0.15, -0.1) is 0 Å². The minimum atomic E-state index is -0.674. The van der Waals surface area contributed by atoms with Crippen molar-refractivity contribution in [2.24, 2.45) is 5.92 Å². The first-order chi connectivity index (χ1) is 12.3. The van der Waals surface area contributed by atoms with E-state index in [0.29, 0.717) is 0 Å². The Morgan fingerprint density at radius 1 is 1.12 bits per heavy atom. The van der Waals surface area contributed by atoms with E-state index in [9.17, 15) is 14.4 Å². The maximum absolute atomic E-state index is 12.2. The van der Waals surface area contributed by atoms with Gasteiger partial charge in [0.2, 0.25) is 0 Å². The second kappa shape index (κ2) is 10.6. The van der Waals surface area contributed by atoms with Crippen LogP contribution >= 0.6 is 0 Å². The quantitative estimate of drug-likeness (QED) is 0.544. The molecule has 1 aromatic rings. The average Bonchev–Trinajstić information content (AvgIpc) is 2.60. The lowest BCUT2D eigenvalue weighted by molar-refractivity contribution is -0.862. The largest absolute Gasteiger partial charge is 0.467 e. The molecule has 0 saturated heterocycles. The first kappa shape index (κ1) is 21.6. The maximum atomic E-state index is 12.2. The number of ether oxygens (including phenoxy) is 1. The molecule has 3 N–H and O–H groups in total. The molecule has 0 heterocycles. The van der Waals surface area contributed by atoms with E-state index in [0.717, 1.165) is 22.6 Å². The standard InChI is InChI=1S/C19H29N3O4/c1-6-14(3)18(19(25)26-5)21-17(24)12-22(4)11-16(23)20-15-9-7-13(2)8-10-15/h7-10,14,18H,6,11-12H2,1-5H3,(H,20,23)(H,21,24)/p+1/t14-,18+/m1/s1. The lowest BCUT2D eigenvalue weighted by atomic mass is 9.99. The molecule has 1 unspecified atom stereocenters. The monoisotopic (exact) mass is 364 g/mol. The van der Waals surface area contributed by atoms with Crippen molar-refractivity contribution in [2.75, 3.05) is 32.6 Å². The van der Waals surface area contributed by atoms with Crippen LogP contribution in [-0.2, 0) is 19.1 Å². The molecule has 7 heteroatoms. The molecule has 0 bridgehead atoms. The summed E-state index contributed by atoms with van der Waals surface area (Å²) in [7, 11) is 3.06. The second-order valence-corrected chi connectivity index (χ2v) is 6.68. The molecule has 26 heavy (non-hydrogen) atoms. The number of quaternary nitrogens is 1. The molecule has 0 fully saturated rings. The van der Waals surface area contributed by atoms with Gasteiger partial charge in [0, 0.05) is 5.69 Å². The molecule has 0 saturated carbocycles. The smallest absolute Gasteiger partial charge is 0.328 e. The molecular weight excluding hydrogens is 334 g/mol. The van der Waals surface area contributed by atoms with Crippen molar-refractivity contribution in [3.05, 3.63) is 29.8 Å². The lowest BCUT2D eigenvalue weighted by Gasteiger charge is -2.22. The molecule has 7 nitrogen and oxygen atoms in total. The molecule has 0 radical (unpaired) electrons. The molecule has 0 aromatic heterocycles. The number of benzene rings is 1. The van der Waals surface area contributed by atoms with Gasteiger partial charge in [-0.25, -0.2) is 4.79 Å². The van der Waals surface area contributed by atoms with Crippen molar-refractivity contribution in [1.29, 1.82) is 0 Å². The fourth-order valence-electron chi connectivity index (χ4n) is 2.47. The molecule has 1 aromatic carbocycles. The van der Waals surface area contributed by atoms with E-state index < -0.39 is 12.0 Å². The van der Waals surface area contributed by atoms with Crippen LogP contribution in [0.25, 0.3) is 0 Å². The number of methoxy groups -OCH3 is 1. The fourth-order valence-corrected chi connectivity index (χ4v) is 2.47. The number of likely N-dealkylation sites (N-methyl/N-ethyl adjacent to an activating group) is 1. The number of hydrogen-bond donors (Lipinski definition) is 3. The molecule has 144 valence electrons. The first-order valence-electron chi connectivity index (χ1n) is 8.81. The zero-order valence-corrected chi connectivity index (χ0v) is 16.2. The summed E-state index contributed by atoms with van der Waals surface area (Å²) in [6.45, 7) is 6.04. The summed E-state index contributed by atoms with van der Waals surface area (Å²) in [4.78, 5) is 36.8. The summed E-state index contributed by atoms with van der Waals surface area (Å²) in [5.74, 6) is -0.953. The summed E-state index contributed by atoms with van der Waals surface area (Å²) < 4.78 is 4.76. The van der Waals surface area contributed by atoms with Crippen LogP contribution in [0.4, 0.5) is 5.69 Å². The SMILES string of the molecule is CC[C@@H](C)[C@H](NC(=O)C[NH+](C)CC(=O)Nc1ccc(C)cc1)C(=O)OC. The van der Waals surface area contributed by atoms with E-state index >= 15 is 0 Å². The zero-order valence-electron chi connectivity index (χ0n) is 16.2.